The van der Waals surface area contributed by atoms with Crippen LogP contribution in [0.2, 0.25) is 0 Å². The van der Waals surface area contributed by atoms with Crippen molar-refractivity contribution in [3.8, 4) is 0 Å². The molecule has 1 aromatic heterocycles. The molecule has 1 aliphatic heterocycles. The Kier molecular flexibility index (Phi) is 7.20. The van der Waals surface area contributed by atoms with Crippen LogP contribution in [0.4, 0.5) is 13.2 Å². The fourth-order valence-electron chi connectivity index (χ4n) is 3.05. The molecule has 130 valence electrons. The van der Waals surface area contributed by atoms with Crippen LogP contribution >= 0.6 is 24.8 Å². The lowest BCUT2D eigenvalue weighted by Crippen LogP contribution is -2.46. The Morgan fingerprint density at radius 3 is 2.43 bits per heavy atom. The molecule has 3 nitrogen and oxygen atoms in total. The number of nitrogens with zero attached hydrogens (tertiary/aromatic N) is 1. The van der Waals surface area contributed by atoms with E-state index in [0.29, 0.717) is 13.1 Å². The highest BCUT2D eigenvalue weighted by Gasteiger charge is 2.36. The Hall–Kier alpha value is -0.950. The highest BCUT2D eigenvalue weighted by molar-refractivity contribution is 5.85. The molecular formula is C15H20Cl2F3N3. The molecule has 1 aliphatic rings. The zero-order valence-corrected chi connectivity index (χ0v) is 14.0. The second-order valence-electron chi connectivity index (χ2n) is 5.41. The highest BCUT2D eigenvalue weighted by atomic mass is 35.5. The normalized spacial score (nSPS) is 17.3. The molecule has 3 rings (SSSR count). The number of fused-ring (bicyclic) bond motifs is 1. The summed E-state index contributed by atoms with van der Waals surface area (Å²) in [7, 11) is 0. The zero-order chi connectivity index (χ0) is 14.9. The third-order valence-corrected chi connectivity index (χ3v) is 4.00. The molecule has 0 aliphatic carbocycles. The van der Waals surface area contributed by atoms with Gasteiger partial charge in [-0.2, -0.15) is 13.2 Å². The molecule has 1 saturated heterocycles. The van der Waals surface area contributed by atoms with Crippen LogP contribution in [0.3, 0.4) is 0 Å². The molecule has 23 heavy (non-hydrogen) atoms. The minimum absolute atomic E-state index is 0. The van der Waals surface area contributed by atoms with Gasteiger partial charge in [0.2, 0.25) is 0 Å². The van der Waals surface area contributed by atoms with Crippen molar-refractivity contribution in [1.29, 1.82) is 0 Å². The van der Waals surface area contributed by atoms with E-state index in [2.05, 4.69) is 10.3 Å². The van der Waals surface area contributed by atoms with Crippen molar-refractivity contribution in [2.75, 3.05) is 26.2 Å². The molecule has 2 aromatic rings. The summed E-state index contributed by atoms with van der Waals surface area (Å²) in [6.07, 6.45) is -3.21. The third-order valence-electron chi connectivity index (χ3n) is 4.00. The number of halogens is 5. The van der Waals surface area contributed by atoms with Gasteiger partial charge in [0.25, 0.3) is 0 Å². The lowest BCUT2D eigenvalue weighted by Gasteiger charge is -2.36. The second-order valence-corrected chi connectivity index (χ2v) is 5.41. The second kappa shape index (κ2) is 8.24. The van der Waals surface area contributed by atoms with Crippen LogP contribution in [0.1, 0.15) is 18.0 Å². The first kappa shape index (κ1) is 20.1. The topological polar surface area (TPSA) is 31.1 Å². The number of rotatable bonds is 3. The molecule has 1 atom stereocenters. The van der Waals surface area contributed by atoms with E-state index in [9.17, 15) is 13.2 Å². The Morgan fingerprint density at radius 1 is 1.09 bits per heavy atom. The van der Waals surface area contributed by atoms with Gasteiger partial charge in [0.1, 0.15) is 0 Å². The summed E-state index contributed by atoms with van der Waals surface area (Å²) in [6, 6.07) is 6.76. The summed E-state index contributed by atoms with van der Waals surface area (Å²) in [5, 5.41) is 4.07. The van der Waals surface area contributed by atoms with Gasteiger partial charge in [0.15, 0.2) is 0 Å². The van der Waals surface area contributed by atoms with E-state index in [4.69, 9.17) is 0 Å². The Bertz CT molecular complexity index is 609. The van der Waals surface area contributed by atoms with Crippen molar-refractivity contribution in [1.82, 2.24) is 15.2 Å². The van der Waals surface area contributed by atoms with Crippen LogP contribution in [-0.4, -0.2) is 42.2 Å². The molecule has 2 N–H and O–H groups in total. The standard InChI is InChI=1S/C15H18F3N3.2ClH/c16-15(17,18)10-14(21-8-6-19-7-9-21)12-2-1-3-13-11(12)4-5-20-13;;/h1-5,14,19-20H,6-10H2;2*1H/t14-;;/m0../s1. The van der Waals surface area contributed by atoms with E-state index < -0.39 is 18.6 Å². The number of nitrogens with one attached hydrogen (secondary N) is 2. The van der Waals surface area contributed by atoms with E-state index in [1.165, 1.54) is 0 Å². The lowest BCUT2D eigenvalue weighted by molar-refractivity contribution is -0.148. The van der Waals surface area contributed by atoms with Gasteiger partial charge >= 0.3 is 6.18 Å². The van der Waals surface area contributed by atoms with Crippen LogP contribution in [0.5, 0.6) is 0 Å². The number of hydrogen-bond acceptors (Lipinski definition) is 2. The quantitative estimate of drug-likeness (QED) is 0.859. The third kappa shape index (κ3) is 4.76. The van der Waals surface area contributed by atoms with Crippen LogP contribution in [0.25, 0.3) is 10.9 Å². The van der Waals surface area contributed by atoms with Gasteiger partial charge in [-0.05, 0) is 17.7 Å². The molecule has 1 aromatic carbocycles. The van der Waals surface area contributed by atoms with Gasteiger partial charge < -0.3 is 10.3 Å². The molecule has 0 bridgehead atoms. The Labute approximate surface area is 145 Å². The van der Waals surface area contributed by atoms with Gasteiger partial charge in [-0.25, -0.2) is 0 Å². The van der Waals surface area contributed by atoms with Crippen molar-refractivity contribution in [2.45, 2.75) is 18.6 Å². The molecule has 8 heteroatoms. The van der Waals surface area contributed by atoms with Gasteiger partial charge in [0.05, 0.1) is 6.42 Å². The Morgan fingerprint density at radius 2 is 1.78 bits per heavy atom. The monoisotopic (exact) mass is 369 g/mol. The van der Waals surface area contributed by atoms with E-state index in [-0.39, 0.29) is 24.8 Å². The van der Waals surface area contributed by atoms with E-state index in [1.54, 1.807) is 6.20 Å². The molecule has 0 unspecified atom stereocenters. The summed E-state index contributed by atoms with van der Waals surface area (Å²) in [4.78, 5) is 5.00. The van der Waals surface area contributed by atoms with E-state index in [0.717, 1.165) is 29.6 Å². The predicted octanol–water partition coefficient (Wildman–Crippen LogP) is 3.91. The maximum Gasteiger partial charge on any atom is 0.390 e. The summed E-state index contributed by atoms with van der Waals surface area (Å²) in [5.74, 6) is 0. The molecule has 0 radical (unpaired) electrons. The van der Waals surface area contributed by atoms with Crippen LogP contribution in [0.15, 0.2) is 30.5 Å². The first-order valence-electron chi connectivity index (χ1n) is 7.12. The Balaban J connectivity index is 0.00000132. The van der Waals surface area contributed by atoms with Crippen molar-refractivity contribution < 1.29 is 13.2 Å². The molecular weight excluding hydrogens is 350 g/mol. The average Bonchev–Trinajstić information content (AvgIpc) is 2.93. The van der Waals surface area contributed by atoms with Gasteiger partial charge in [-0.3, -0.25) is 4.90 Å². The minimum Gasteiger partial charge on any atom is -0.361 e. The number of alkyl halides is 3. The SMILES string of the molecule is Cl.Cl.FC(F)(F)C[C@@H](c1cccc2[nH]ccc12)N1CCNCC1. The number of aromatic amines is 1. The van der Waals surface area contributed by atoms with Crippen LogP contribution < -0.4 is 5.32 Å². The summed E-state index contributed by atoms with van der Waals surface area (Å²) < 4.78 is 39.1. The van der Waals surface area contributed by atoms with Crippen molar-refractivity contribution in [2.24, 2.45) is 0 Å². The first-order valence-corrected chi connectivity index (χ1v) is 7.12. The number of hydrogen-bond donors (Lipinski definition) is 2. The van der Waals surface area contributed by atoms with Crippen molar-refractivity contribution in [3.05, 3.63) is 36.0 Å². The molecule has 1 fully saturated rings. The summed E-state index contributed by atoms with van der Waals surface area (Å²) in [6.45, 7) is 2.75. The van der Waals surface area contributed by atoms with Crippen molar-refractivity contribution >= 4 is 35.7 Å². The first-order chi connectivity index (χ1) is 10.0. The molecule has 0 spiro atoms. The largest absolute Gasteiger partial charge is 0.390 e. The van der Waals surface area contributed by atoms with Crippen LogP contribution in [-0.2, 0) is 0 Å². The van der Waals surface area contributed by atoms with Gasteiger partial charge in [-0.1, -0.05) is 12.1 Å². The number of aromatic nitrogens is 1. The number of piperazine rings is 1. The predicted molar refractivity (Wildman–Crippen MR) is 90.7 cm³/mol. The van der Waals surface area contributed by atoms with Gasteiger partial charge in [-0.15, -0.1) is 24.8 Å². The van der Waals surface area contributed by atoms with E-state index in [1.807, 2.05) is 29.2 Å². The lowest BCUT2D eigenvalue weighted by atomic mass is 9.97. The fraction of sp³-hybridized carbons (Fsp3) is 0.467. The highest BCUT2D eigenvalue weighted by Crippen LogP contribution is 2.36. The minimum atomic E-state index is -4.17. The fourth-order valence-corrected chi connectivity index (χ4v) is 3.05. The van der Waals surface area contributed by atoms with E-state index >= 15 is 0 Å². The average molecular weight is 370 g/mol. The number of benzene rings is 1. The summed E-state index contributed by atoms with van der Waals surface area (Å²) >= 11 is 0. The van der Waals surface area contributed by atoms with Gasteiger partial charge in [0, 0.05) is 49.3 Å². The molecule has 0 saturated carbocycles. The smallest absolute Gasteiger partial charge is 0.361 e. The molecule has 2 heterocycles. The zero-order valence-electron chi connectivity index (χ0n) is 12.4. The van der Waals surface area contributed by atoms with Crippen molar-refractivity contribution in [3.63, 3.8) is 0 Å². The maximum absolute atomic E-state index is 13.0. The maximum atomic E-state index is 13.0. The summed E-state index contributed by atoms with van der Waals surface area (Å²) in [5.41, 5.74) is 1.64. The molecule has 0 amide bonds. The van der Waals surface area contributed by atoms with Crippen LogP contribution in [0, 0.1) is 0 Å². The number of H-pyrrole nitrogens is 1.